The SMILES string of the molecule is CC(c1ccc(C(N)=O)cc1)N1Cc2cc(-c3n[nH]c4c3CC(C)(C)C4)ccc2C1=O. The minimum atomic E-state index is -0.454. The maximum atomic E-state index is 13.1. The predicted octanol–water partition coefficient (Wildman–Crippen LogP) is 4.02. The molecule has 2 aromatic carbocycles. The highest BCUT2D eigenvalue weighted by Gasteiger charge is 2.34. The van der Waals surface area contributed by atoms with E-state index in [0.29, 0.717) is 12.1 Å². The minimum absolute atomic E-state index is 0.0291. The van der Waals surface area contributed by atoms with E-state index in [4.69, 9.17) is 5.73 Å². The normalized spacial score (nSPS) is 17.5. The molecule has 158 valence electrons. The number of benzene rings is 2. The quantitative estimate of drug-likeness (QED) is 0.675. The summed E-state index contributed by atoms with van der Waals surface area (Å²) in [5.41, 5.74) is 13.4. The lowest BCUT2D eigenvalue weighted by Gasteiger charge is -2.24. The van der Waals surface area contributed by atoms with Gasteiger partial charge in [0, 0.05) is 34.5 Å². The first kappa shape index (κ1) is 19.5. The number of nitrogens with one attached hydrogen (secondary N) is 1. The molecular formula is C25H26N4O2. The van der Waals surface area contributed by atoms with E-state index in [-0.39, 0.29) is 17.4 Å². The van der Waals surface area contributed by atoms with Crippen LogP contribution in [-0.2, 0) is 19.4 Å². The van der Waals surface area contributed by atoms with E-state index in [1.54, 1.807) is 12.1 Å². The second-order valence-electron chi connectivity index (χ2n) is 9.51. The molecule has 2 aliphatic rings. The fourth-order valence-electron chi connectivity index (χ4n) is 4.91. The van der Waals surface area contributed by atoms with E-state index in [2.05, 4.69) is 30.1 Å². The standard InChI is InChI=1S/C25H26N4O2/c1-14(15-4-6-16(7-5-15)23(26)30)29-13-18-10-17(8-9-19(18)24(29)31)22-20-11-25(2,3)12-21(20)27-28-22/h4-10,14H,11-13H2,1-3H3,(H2,26,30)(H,27,28). The van der Waals surface area contributed by atoms with E-state index in [9.17, 15) is 9.59 Å². The van der Waals surface area contributed by atoms with Gasteiger partial charge in [0.25, 0.3) is 5.91 Å². The number of aromatic nitrogens is 2. The Morgan fingerprint density at radius 3 is 2.61 bits per heavy atom. The van der Waals surface area contributed by atoms with Crippen molar-refractivity contribution in [3.63, 3.8) is 0 Å². The van der Waals surface area contributed by atoms with Gasteiger partial charge in [-0.15, -0.1) is 0 Å². The van der Waals surface area contributed by atoms with E-state index in [0.717, 1.165) is 40.8 Å². The Balaban J connectivity index is 1.41. The third-order valence-corrected chi connectivity index (χ3v) is 6.62. The molecular weight excluding hydrogens is 388 g/mol. The molecule has 6 nitrogen and oxygen atoms in total. The fraction of sp³-hybridized carbons (Fsp3) is 0.320. The van der Waals surface area contributed by atoms with Gasteiger partial charge in [-0.25, -0.2) is 0 Å². The van der Waals surface area contributed by atoms with Gasteiger partial charge in [0.05, 0.1) is 11.7 Å². The van der Waals surface area contributed by atoms with Crippen molar-refractivity contribution in [3.8, 4) is 11.3 Å². The number of hydrogen-bond acceptors (Lipinski definition) is 3. The van der Waals surface area contributed by atoms with Gasteiger partial charge >= 0.3 is 0 Å². The van der Waals surface area contributed by atoms with Crippen molar-refractivity contribution in [2.75, 3.05) is 0 Å². The molecule has 1 aliphatic carbocycles. The molecule has 3 aromatic rings. The first-order valence-electron chi connectivity index (χ1n) is 10.6. The topological polar surface area (TPSA) is 92.1 Å². The molecule has 31 heavy (non-hydrogen) atoms. The van der Waals surface area contributed by atoms with Crippen molar-refractivity contribution in [1.82, 2.24) is 15.1 Å². The number of carbonyl (C=O) groups is 2. The van der Waals surface area contributed by atoms with Crippen LogP contribution in [0.1, 0.15) is 69.9 Å². The smallest absolute Gasteiger partial charge is 0.255 e. The summed E-state index contributed by atoms with van der Waals surface area (Å²) in [5, 5.41) is 7.80. The number of primary amides is 1. The Kier molecular flexibility index (Phi) is 4.29. The summed E-state index contributed by atoms with van der Waals surface area (Å²) in [4.78, 5) is 26.3. The largest absolute Gasteiger partial charge is 0.366 e. The summed E-state index contributed by atoms with van der Waals surface area (Å²) < 4.78 is 0. The second kappa shape index (κ2) is 6.80. The molecule has 1 aliphatic heterocycles. The Labute approximate surface area is 181 Å². The van der Waals surface area contributed by atoms with Gasteiger partial charge in [0.1, 0.15) is 0 Å². The molecule has 2 heterocycles. The number of fused-ring (bicyclic) bond motifs is 2. The van der Waals surface area contributed by atoms with Crippen molar-refractivity contribution >= 4 is 11.8 Å². The maximum Gasteiger partial charge on any atom is 0.255 e. The molecule has 0 fully saturated rings. The summed E-state index contributed by atoms with van der Waals surface area (Å²) in [6.45, 7) is 7.12. The molecule has 0 spiro atoms. The zero-order valence-electron chi connectivity index (χ0n) is 18.0. The lowest BCUT2D eigenvalue weighted by Crippen LogP contribution is -2.27. The molecule has 0 saturated heterocycles. The van der Waals surface area contributed by atoms with E-state index in [1.165, 1.54) is 11.3 Å². The van der Waals surface area contributed by atoms with E-state index >= 15 is 0 Å². The predicted molar refractivity (Wildman–Crippen MR) is 118 cm³/mol. The van der Waals surface area contributed by atoms with Crippen molar-refractivity contribution in [2.24, 2.45) is 11.1 Å². The molecule has 3 N–H and O–H groups in total. The Morgan fingerprint density at radius 1 is 1.16 bits per heavy atom. The second-order valence-corrected chi connectivity index (χ2v) is 9.51. The number of nitrogens with two attached hydrogens (primary N) is 1. The molecule has 0 radical (unpaired) electrons. The number of aromatic amines is 1. The first-order valence-corrected chi connectivity index (χ1v) is 10.6. The lowest BCUT2D eigenvalue weighted by atomic mass is 9.90. The third kappa shape index (κ3) is 3.23. The van der Waals surface area contributed by atoms with Crippen LogP contribution in [0.15, 0.2) is 42.5 Å². The molecule has 2 amide bonds. The van der Waals surface area contributed by atoms with Crippen LogP contribution in [0, 0.1) is 5.41 Å². The molecule has 1 atom stereocenters. The maximum absolute atomic E-state index is 13.1. The van der Waals surface area contributed by atoms with Crippen molar-refractivity contribution in [1.29, 1.82) is 0 Å². The molecule has 0 bridgehead atoms. The third-order valence-electron chi connectivity index (χ3n) is 6.62. The van der Waals surface area contributed by atoms with E-state index in [1.807, 2.05) is 36.1 Å². The van der Waals surface area contributed by atoms with Crippen LogP contribution in [-0.4, -0.2) is 26.9 Å². The van der Waals surface area contributed by atoms with Gasteiger partial charge in [-0.1, -0.05) is 32.0 Å². The Hall–Kier alpha value is -3.41. The van der Waals surface area contributed by atoms with E-state index < -0.39 is 5.91 Å². The highest BCUT2D eigenvalue weighted by Crippen LogP contribution is 2.41. The number of amides is 2. The molecule has 1 aromatic heterocycles. The zero-order chi connectivity index (χ0) is 21.9. The Bertz CT molecular complexity index is 1210. The summed E-state index contributed by atoms with van der Waals surface area (Å²) in [5.74, 6) is -0.425. The lowest BCUT2D eigenvalue weighted by molar-refractivity contribution is 0.0715. The van der Waals surface area contributed by atoms with Crippen LogP contribution < -0.4 is 5.73 Å². The van der Waals surface area contributed by atoms with Crippen LogP contribution in [0.3, 0.4) is 0 Å². The molecule has 6 heteroatoms. The van der Waals surface area contributed by atoms with Gasteiger partial charge in [0.2, 0.25) is 5.91 Å². The van der Waals surface area contributed by atoms with Crippen molar-refractivity contribution in [3.05, 3.63) is 76.0 Å². The number of carbonyl (C=O) groups excluding carboxylic acids is 2. The summed E-state index contributed by atoms with van der Waals surface area (Å²) in [7, 11) is 0. The van der Waals surface area contributed by atoms with Crippen molar-refractivity contribution < 1.29 is 9.59 Å². The van der Waals surface area contributed by atoms with Crippen LogP contribution in [0.4, 0.5) is 0 Å². The number of nitrogens with zero attached hydrogens (tertiary/aromatic N) is 2. The van der Waals surface area contributed by atoms with Gasteiger partial charge < -0.3 is 10.6 Å². The average Bonchev–Trinajstić information content (AvgIpc) is 3.36. The van der Waals surface area contributed by atoms with Crippen LogP contribution in [0.5, 0.6) is 0 Å². The molecule has 5 rings (SSSR count). The van der Waals surface area contributed by atoms with Gasteiger partial charge in [-0.3, -0.25) is 14.7 Å². The number of rotatable bonds is 4. The number of hydrogen-bond donors (Lipinski definition) is 2. The first-order chi connectivity index (χ1) is 14.7. The summed E-state index contributed by atoms with van der Waals surface area (Å²) in [6.07, 6.45) is 2.02. The highest BCUT2D eigenvalue weighted by atomic mass is 16.2. The highest BCUT2D eigenvalue weighted by molar-refractivity contribution is 5.99. The average molecular weight is 415 g/mol. The monoisotopic (exact) mass is 414 g/mol. The Morgan fingerprint density at radius 2 is 1.90 bits per heavy atom. The number of H-pyrrole nitrogens is 1. The van der Waals surface area contributed by atoms with Crippen LogP contribution in [0.25, 0.3) is 11.3 Å². The van der Waals surface area contributed by atoms with Gasteiger partial charge in [-0.05, 0) is 60.6 Å². The summed E-state index contributed by atoms with van der Waals surface area (Å²) >= 11 is 0. The van der Waals surface area contributed by atoms with Gasteiger partial charge in [0.15, 0.2) is 0 Å². The van der Waals surface area contributed by atoms with Crippen LogP contribution >= 0.6 is 0 Å². The minimum Gasteiger partial charge on any atom is -0.366 e. The molecule has 0 saturated carbocycles. The fourth-order valence-corrected chi connectivity index (χ4v) is 4.91. The van der Waals surface area contributed by atoms with Crippen molar-refractivity contribution in [2.45, 2.75) is 46.2 Å². The molecule has 1 unspecified atom stereocenters. The summed E-state index contributed by atoms with van der Waals surface area (Å²) in [6, 6.07) is 13.1. The van der Waals surface area contributed by atoms with Crippen LogP contribution in [0.2, 0.25) is 0 Å². The van der Waals surface area contributed by atoms with Gasteiger partial charge in [-0.2, -0.15) is 5.10 Å². The zero-order valence-corrected chi connectivity index (χ0v) is 18.0.